The van der Waals surface area contributed by atoms with E-state index in [-0.39, 0.29) is 0 Å². The van der Waals surface area contributed by atoms with E-state index in [0.29, 0.717) is 5.95 Å². The zero-order chi connectivity index (χ0) is 13.4. The molecule has 6 nitrogen and oxygen atoms in total. The summed E-state index contributed by atoms with van der Waals surface area (Å²) < 4.78 is 3.75. The van der Waals surface area contributed by atoms with Crippen molar-refractivity contribution >= 4 is 17.1 Å². The van der Waals surface area contributed by atoms with Gasteiger partial charge in [0.05, 0.1) is 6.20 Å². The fourth-order valence-electron chi connectivity index (χ4n) is 2.18. The first-order chi connectivity index (χ1) is 9.13. The van der Waals surface area contributed by atoms with Gasteiger partial charge in [0.25, 0.3) is 0 Å². The molecule has 3 heterocycles. The molecule has 2 N–H and O–H groups in total. The van der Waals surface area contributed by atoms with E-state index in [1.54, 1.807) is 4.68 Å². The first-order valence-electron chi connectivity index (χ1n) is 6.20. The van der Waals surface area contributed by atoms with Crippen LogP contribution in [0.5, 0.6) is 0 Å². The number of hydrogen-bond acceptors (Lipinski definition) is 4. The van der Waals surface area contributed by atoms with Crippen LogP contribution < -0.4 is 5.73 Å². The van der Waals surface area contributed by atoms with E-state index < -0.39 is 0 Å². The molecule has 0 saturated heterocycles. The first-order valence-corrected chi connectivity index (χ1v) is 6.20. The van der Waals surface area contributed by atoms with Crippen molar-refractivity contribution in [3.63, 3.8) is 0 Å². The lowest BCUT2D eigenvalue weighted by Gasteiger charge is -2.04. The number of nitrogens with zero attached hydrogens (tertiary/aromatic N) is 5. The quantitative estimate of drug-likeness (QED) is 0.766. The Morgan fingerprint density at radius 2 is 2.11 bits per heavy atom. The summed E-state index contributed by atoms with van der Waals surface area (Å²) in [5, 5.41) is 4.16. The Hall–Kier alpha value is -2.37. The van der Waals surface area contributed by atoms with Crippen molar-refractivity contribution in [1.82, 2.24) is 24.3 Å². The zero-order valence-electron chi connectivity index (χ0n) is 11.0. The van der Waals surface area contributed by atoms with Crippen LogP contribution in [-0.2, 0) is 20.0 Å². The van der Waals surface area contributed by atoms with E-state index in [1.807, 2.05) is 43.1 Å². The predicted octanol–water partition coefficient (Wildman–Crippen LogP) is 1.30. The van der Waals surface area contributed by atoms with E-state index in [1.165, 1.54) is 5.56 Å². The highest BCUT2D eigenvalue weighted by Crippen LogP contribution is 2.17. The van der Waals surface area contributed by atoms with Gasteiger partial charge in [-0.05, 0) is 31.0 Å². The topological polar surface area (TPSA) is 74.5 Å². The maximum absolute atomic E-state index is 5.96. The van der Waals surface area contributed by atoms with E-state index in [0.717, 1.165) is 29.8 Å². The second kappa shape index (κ2) is 4.38. The van der Waals surface area contributed by atoms with Crippen molar-refractivity contribution < 1.29 is 0 Å². The molecule has 0 spiro atoms. The maximum atomic E-state index is 5.96. The van der Waals surface area contributed by atoms with Crippen molar-refractivity contribution in [2.45, 2.75) is 19.9 Å². The fraction of sp³-hybridized carbons (Fsp3) is 0.308. The molecular weight excluding hydrogens is 240 g/mol. The van der Waals surface area contributed by atoms with Crippen LogP contribution in [-0.4, -0.2) is 24.3 Å². The predicted molar refractivity (Wildman–Crippen MR) is 73.6 cm³/mol. The molecular formula is C13H16N6. The Kier molecular flexibility index (Phi) is 2.70. The van der Waals surface area contributed by atoms with Crippen LogP contribution in [0.1, 0.15) is 11.3 Å². The van der Waals surface area contributed by atoms with Gasteiger partial charge in [0.2, 0.25) is 5.95 Å². The van der Waals surface area contributed by atoms with Gasteiger partial charge < -0.3 is 5.73 Å². The molecule has 3 aromatic heterocycles. The largest absolute Gasteiger partial charge is 0.369 e. The Bertz CT molecular complexity index is 724. The molecule has 3 aromatic rings. The summed E-state index contributed by atoms with van der Waals surface area (Å²) in [6.45, 7) is 2.72. The van der Waals surface area contributed by atoms with Crippen LogP contribution in [0.25, 0.3) is 11.2 Å². The van der Waals surface area contributed by atoms with Crippen LogP contribution in [0.4, 0.5) is 5.95 Å². The van der Waals surface area contributed by atoms with Crippen LogP contribution >= 0.6 is 0 Å². The average molecular weight is 256 g/mol. The number of nitrogen functional groups attached to an aromatic ring is 1. The van der Waals surface area contributed by atoms with E-state index in [2.05, 4.69) is 15.1 Å². The smallest absolute Gasteiger partial charge is 0.202 e. The maximum Gasteiger partial charge on any atom is 0.202 e. The number of aromatic nitrogens is 5. The van der Waals surface area contributed by atoms with Gasteiger partial charge in [-0.2, -0.15) is 5.10 Å². The molecule has 98 valence electrons. The Morgan fingerprint density at radius 3 is 2.84 bits per heavy atom. The third-order valence-electron chi connectivity index (χ3n) is 3.14. The highest BCUT2D eigenvalue weighted by Gasteiger charge is 2.09. The molecule has 0 amide bonds. The average Bonchev–Trinajstić information content (AvgIpc) is 2.90. The lowest BCUT2D eigenvalue weighted by Crippen LogP contribution is -2.06. The molecule has 19 heavy (non-hydrogen) atoms. The first kappa shape index (κ1) is 11.7. The van der Waals surface area contributed by atoms with E-state index >= 15 is 0 Å². The Morgan fingerprint density at radius 1 is 1.26 bits per heavy atom. The zero-order valence-corrected chi connectivity index (χ0v) is 11.0. The van der Waals surface area contributed by atoms with Gasteiger partial charge in [-0.3, -0.25) is 9.25 Å². The summed E-state index contributed by atoms with van der Waals surface area (Å²) >= 11 is 0. The van der Waals surface area contributed by atoms with Gasteiger partial charge in [0.15, 0.2) is 5.65 Å². The van der Waals surface area contributed by atoms with Gasteiger partial charge in [-0.25, -0.2) is 9.97 Å². The standard InChI is InChI=1S/C13H16N6/c1-9-3-4-11-12(16-9)19(13(14)17-11)6-5-10-7-15-18(2)8-10/h3-4,7-8H,5-6H2,1-2H3,(H2,14,17). The minimum absolute atomic E-state index is 0.511. The molecule has 0 aliphatic rings. The fourth-order valence-corrected chi connectivity index (χ4v) is 2.18. The van der Waals surface area contributed by atoms with E-state index in [9.17, 15) is 0 Å². The second-order valence-electron chi connectivity index (χ2n) is 4.69. The molecule has 0 bridgehead atoms. The van der Waals surface area contributed by atoms with Gasteiger partial charge in [-0.15, -0.1) is 0 Å². The Labute approximate surface area is 110 Å². The Balaban J connectivity index is 1.91. The normalized spacial score (nSPS) is 11.3. The van der Waals surface area contributed by atoms with Crippen LogP contribution in [0.15, 0.2) is 24.5 Å². The lowest BCUT2D eigenvalue weighted by atomic mass is 10.2. The van der Waals surface area contributed by atoms with Crippen molar-refractivity contribution in [3.05, 3.63) is 35.8 Å². The summed E-state index contributed by atoms with van der Waals surface area (Å²) in [7, 11) is 1.91. The van der Waals surface area contributed by atoms with Crippen LogP contribution in [0.3, 0.4) is 0 Å². The van der Waals surface area contributed by atoms with Gasteiger partial charge in [-0.1, -0.05) is 0 Å². The van der Waals surface area contributed by atoms with Crippen LogP contribution in [0.2, 0.25) is 0 Å². The highest BCUT2D eigenvalue weighted by molar-refractivity contribution is 5.74. The third-order valence-corrected chi connectivity index (χ3v) is 3.14. The molecule has 0 saturated carbocycles. The molecule has 0 aliphatic heterocycles. The number of aryl methyl sites for hydroxylation is 4. The van der Waals surface area contributed by atoms with Gasteiger partial charge in [0, 0.05) is 25.5 Å². The SMILES string of the molecule is Cc1ccc2nc(N)n(CCc3cnn(C)c3)c2n1. The summed E-state index contributed by atoms with van der Waals surface area (Å²) in [5.41, 5.74) is 9.80. The number of anilines is 1. The minimum Gasteiger partial charge on any atom is -0.369 e. The monoisotopic (exact) mass is 256 g/mol. The number of imidazole rings is 1. The van der Waals surface area contributed by atoms with Crippen molar-refractivity contribution in [2.24, 2.45) is 7.05 Å². The van der Waals surface area contributed by atoms with E-state index in [4.69, 9.17) is 5.73 Å². The summed E-state index contributed by atoms with van der Waals surface area (Å²) in [6.07, 6.45) is 4.74. The van der Waals surface area contributed by atoms with Crippen LogP contribution in [0, 0.1) is 6.92 Å². The van der Waals surface area contributed by atoms with Crippen molar-refractivity contribution in [2.75, 3.05) is 5.73 Å². The molecule has 0 aromatic carbocycles. The molecule has 3 rings (SSSR count). The molecule has 0 atom stereocenters. The van der Waals surface area contributed by atoms with Gasteiger partial charge >= 0.3 is 0 Å². The summed E-state index contributed by atoms with van der Waals surface area (Å²) in [6, 6.07) is 3.90. The number of pyridine rings is 1. The highest BCUT2D eigenvalue weighted by atomic mass is 15.2. The minimum atomic E-state index is 0.511. The summed E-state index contributed by atoms with van der Waals surface area (Å²) in [5.74, 6) is 0.511. The summed E-state index contributed by atoms with van der Waals surface area (Å²) in [4.78, 5) is 8.84. The lowest BCUT2D eigenvalue weighted by molar-refractivity contribution is 0.717. The second-order valence-corrected chi connectivity index (χ2v) is 4.69. The number of rotatable bonds is 3. The molecule has 0 radical (unpaired) electrons. The van der Waals surface area contributed by atoms with Crippen molar-refractivity contribution in [1.29, 1.82) is 0 Å². The molecule has 0 aliphatic carbocycles. The number of fused-ring (bicyclic) bond motifs is 1. The molecule has 0 fully saturated rings. The van der Waals surface area contributed by atoms with Crippen molar-refractivity contribution in [3.8, 4) is 0 Å². The molecule has 6 heteroatoms. The number of hydrogen-bond donors (Lipinski definition) is 1. The van der Waals surface area contributed by atoms with Gasteiger partial charge in [0.1, 0.15) is 5.52 Å². The third kappa shape index (κ3) is 2.16. The molecule has 0 unspecified atom stereocenters. The number of nitrogens with two attached hydrogens (primary N) is 1.